The van der Waals surface area contributed by atoms with Crippen LogP contribution >= 0.6 is 27.3 Å². The minimum absolute atomic E-state index is 0.0657. The lowest BCUT2D eigenvalue weighted by atomic mass is 10.2. The Kier molecular flexibility index (Phi) is 2.42. The van der Waals surface area contributed by atoms with Crippen molar-refractivity contribution >= 4 is 33.2 Å². The van der Waals surface area contributed by atoms with Gasteiger partial charge in [0.1, 0.15) is 0 Å². The van der Waals surface area contributed by atoms with Crippen molar-refractivity contribution in [1.82, 2.24) is 19.7 Å². The topological polar surface area (TPSA) is 55.6 Å². The Morgan fingerprint density at radius 2 is 2.32 bits per heavy atom. The maximum absolute atomic E-state index is 4.55. The van der Waals surface area contributed by atoms with Crippen LogP contribution in [0.4, 0.5) is 5.95 Å². The van der Waals surface area contributed by atoms with Crippen LogP contribution in [0.15, 0.2) is 40.4 Å². The van der Waals surface area contributed by atoms with E-state index in [1.807, 2.05) is 40.7 Å². The van der Waals surface area contributed by atoms with Crippen LogP contribution < -0.4 is 5.32 Å². The first-order valence-electron chi connectivity index (χ1n) is 5.69. The van der Waals surface area contributed by atoms with E-state index in [0.717, 1.165) is 26.7 Å². The van der Waals surface area contributed by atoms with Gasteiger partial charge < -0.3 is 5.32 Å². The standard InChI is InChI=1S/C12H8BrN5S/c13-8-3-1-2-7(4-8)10-15-12-16-11(18(12)17-10)9-5-14-6-19-9/h1-6,11H,(H,15,16,17). The summed E-state index contributed by atoms with van der Waals surface area (Å²) >= 11 is 5.07. The number of halogens is 1. The van der Waals surface area contributed by atoms with Gasteiger partial charge in [0.25, 0.3) is 0 Å². The highest BCUT2D eigenvalue weighted by Crippen LogP contribution is 2.34. The van der Waals surface area contributed by atoms with Gasteiger partial charge in [-0.15, -0.1) is 16.4 Å². The molecule has 0 saturated heterocycles. The minimum atomic E-state index is 0.0657. The predicted molar refractivity (Wildman–Crippen MR) is 77.0 cm³/mol. The number of nitrogens with zero attached hydrogens (tertiary/aromatic N) is 4. The van der Waals surface area contributed by atoms with E-state index in [1.165, 1.54) is 0 Å². The zero-order valence-corrected chi connectivity index (χ0v) is 12.0. The molecule has 7 heteroatoms. The highest BCUT2D eigenvalue weighted by molar-refractivity contribution is 9.10. The van der Waals surface area contributed by atoms with Gasteiger partial charge in [-0.05, 0) is 12.1 Å². The Bertz CT molecular complexity index is 736. The van der Waals surface area contributed by atoms with Gasteiger partial charge in [0.2, 0.25) is 5.95 Å². The van der Waals surface area contributed by atoms with E-state index in [9.17, 15) is 0 Å². The Balaban J connectivity index is 1.72. The smallest absolute Gasteiger partial charge is 0.226 e. The normalized spacial score (nSPS) is 16.6. The van der Waals surface area contributed by atoms with Gasteiger partial charge in [-0.25, -0.2) is 4.68 Å². The minimum Gasteiger partial charge on any atom is -0.328 e. The quantitative estimate of drug-likeness (QED) is 0.782. The molecule has 0 radical (unpaired) electrons. The summed E-state index contributed by atoms with van der Waals surface area (Å²) in [5.74, 6) is 1.53. The van der Waals surface area contributed by atoms with Crippen LogP contribution in [-0.2, 0) is 0 Å². The van der Waals surface area contributed by atoms with Crippen molar-refractivity contribution in [3.05, 3.63) is 45.3 Å². The average molecular weight is 334 g/mol. The predicted octanol–water partition coefficient (Wildman–Crippen LogP) is 3.14. The average Bonchev–Trinajstić information content (AvgIpc) is 3.00. The summed E-state index contributed by atoms with van der Waals surface area (Å²) in [7, 11) is 0. The zero-order valence-electron chi connectivity index (χ0n) is 9.62. The molecule has 1 aromatic carbocycles. The van der Waals surface area contributed by atoms with Crippen molar-refractivity contribution in [3.63, 3.8) is 0 Å². The second-order valence-corrected chi connectivity index (χ2v) is 6.00. The molecule has 4 rings (SSSR count). The second-order valence-electron chi connectivity index (χ2n) is 4.16. The third-order valence-corrected chi connectivity index (χ3v) is 4.27. The van der Waals surface area contributed by atoms with E-state index in [4.69, 9.17) is 0 Å². The molecule has 1 atom stereocenters. The molecule has 5 nitrogen and oxygen atoms in total. The van der Waals surface area contributed by atoms with Gasteiger partial charge in [-0.1, -0.05) is 28.1 Å². The SMILES string of the molecule is Brc1cccc(-c2nc3n(n2)C(c2cncs2)N3)c1. The Hall–Kier alpha value is -1.73. The lowest BCUT2D eigenvalue weighted by Gasteiger charge is -2.27. The van der Waals surface area contributed by atoms with E-state index in [0.29, 0.717) is 0 Å². The number of anilines is 1. The fourth-order valence-electron chi connectivity index (χ4n) is 2.02. The fraction of sp³-hybridized carbons (Fsp3) is 0.0833. The van der Waals surface area contributed by atoms with Crippen molar-refractivity contribution in [2.45, 2.75) is 6.17 Å². The lowest BCUT2D eigenvalue weighted by molar-refractivity contribution is 0.517. The molecule has 0 fully saturated rings. The van der Waals surface area contributed by atoms with Crippen LogP contribution in [0.1, 0.15) is 11.0 Å². The maximum Gasteiger partial charge on any atom is 0.226 e. The molecule has 0 spiro atoms. The first-order chi connectivity index (χ1) is 9.31. The summed E-state index contributed by atoms with van der Waals surface area (Å²) in [6.45, 7) is 0. The molecule has 0 bridgehead atoms. The molecule has 19 heavy (non-hydrogen) atoms. The molecule has 1 N–H and O–H groups in total. The molecule has 0 saturated carbocycles. The number of nitrogens with one attached hydrogen (secondary N) is 1. The molecular formula is C12H8BrN5S. The third kappa shape index (κ3) is 1.77. The number of rotatable bonds is 2. The third-order valence-electron chi connectivity index (χ3n) is 2.95. The number of aromatic nitrogens is 4. The van der Waals surface area contributed by atoms with Crippen molar-refractivity contribution < 1.29 is 0 Å². The Labute approximate surface area is 121 Å². The van der Waals surface area contributed by atoms with Crippen LogP contribution in [0.2, 0.25) is 0 Å². The van der Waals surface area contributed by atoms with E-state index < -0.39 is 0 Å². The highest BCUT2D eigenvalue weighted by atomic mass is 79.9. The molecule has 2 aromatic heterocycles. The lowest BCUT2D eigenvalue weighted by Crippen LogP contribution is -2.31. The van der Waals surface area contributed by atoms with Crippen LogP contribution in [0, 0.1) is 0 Å². The molecule has 1 unspecified atom stereocenters. The largest absolute Gasteiger partial charge is 0.328 e. The van der Waals surface area contributed by atoms with E-state index >= 15 is 0 Å². The summed E-state index contributed by atoms with van der Waals surface area (Å²) in [5, 5.41) is 7.83. The molecule has 3 heterocycles. The van der Waals surface area contributed by atoms with E-state index in [-0.39, 0.29) is 6.17 Å². The fourth-order valence-corrected chi connectivity index (χ4v) is 3.07. The molecular weight excluding hydrogens is 326 g/mol. The van der Waals surface area contributed by atoms with Gasteiger partial charge in [-0.2, -0.15) is 4.98 Å². The molecule has 1 aliphatic heterocycles. The van der Waals surface area contributed by atoms with Gasteiger partial charge in [0.15, 0.2) is 12.0 Å². The van der Waals surface area contributed by atoms with Crippen molar-refractivity contribution in [1.29, 1.82) is 0 Å². The van der Waals surface area contributed by atoms with Gasteiger partial charge in [0, 0.05) is 16.2 Å². The summed E-state index contributed by atoms with van der Waals surface area (Å²) < 4.78 is 2.91. The Morgan fingerprint density at radius 1 is 1.37 bits per heavy atom. The number of benzene rings is 1. The summed E-state index contributed by atoms with van der Waals surface area (Å²) in [4.78, 5) is 9.70. The second kappa shape index (κ2) is 4.14. The van der Waals surface area contributed by atoms with Crippen LogP contribution in [0.25, 0.3) is 11.4 Å². The van der Waals surface area contributed by atoms with Crippen molar-refractivity contribution in [3.8, 4) is 11.4 Å². The van der Waals surface area contributed by atoms with Gasteiger partial charge >= 0.3 is 0 Å². The first-order valence-corrected chi connectivity index (χ1v) is 7.36. The molecule has 94 valence electrons. The highest BCUT2D eigenvalue weighted by Gasteiger charge is 2.31. The summed E-state index contributed by atoms with van der Waals surface area (Å²) in [6.07, 6.45) is 1.92. The van der Waals surface area contributed by atoms with Crippen molar-refractivity contribution in [2.24, 2.45) is 0 Å². The van der Waals surface area contributed by atoms with Gasteiger partial charge in [0.05, 0.1) is 10.4 Å². The number of hydrogen-bond acceptors (Lipinski definition) is 5. The van der Waals surface area contributed by atoms with E-state index in [1.54, 1.807) is 11.3 Å². The maximum atomic E-state index is 4.55. The van der Waals surface area contributed by atoms with Gasteiger partial charge in [-0.3, -0.25) is 4.98 Å². The molecule has 1 aliphatic rings. The zero-order chi connectivity index (χ0) is 12.8. The van der Waals surface area contributed by atoms with Crippen LogP contribution in [0.3, 0.4) is 0 Å². The van der Waals surface area contributed by atoms with E-state index in [2.05, 4.69) is 36.3 Å². The number of thiazole rings is 1. The first kappa shape index (κ1) is 11.1. The van der Waals surface area contributed by atoms with Crippen molar-refractivity contribution in [2.75, 3.05) is 5.32 Å². The number of hydrogen-bond donors (Lipinski definition) is 1. The summed E-state index contributed by atoms with van der Waals surface area (Å²) in [5.41, 5.74) is 2.82. The van der Waals surface area contributed by atoms with Crippen LogP contribution in [-0.4, -0.2) is 19.7 Å². The Morgan fingerprint density at radius 3 is 3.11 bits per heavy atom. The molecule has 3 aromatic rings. The monoisotopic (exact) mass is 333 g/mol. The number of fused-ring (bicyclic) bond motifs is 1. The molecule has 0 amide bonds. The molecule has 0 aliphatic carbocycles. The van der Waals surface area contributed by atoms with Crippen LogP contribution in [0.5, 0.6) is 0 Å². The summed E-state index contributed by atoms with van der Waals surface area (Å²) in [6, 6.07) is 7.98.